The minimum Gasteiger partial charge on any atom is -0.380 e. The average molecular weight is 212 g/mol. The van der Waals surface area contributed by atoms with Crippen LogP contribution in [0.1, 0.15) is 19.8 Å². The summed E-state index contributed by atoms with van der Waals surface area (Å²) < 4.78 is 5.24. The molecule has 4 heteroatoms. The first-order valence-corrected chi connectivity index (χ1v) is 5.75. The minimum absolute atomic E-state index is 0.0137. The highest BCUT2D eigenvalue weighted by atomic mass is 16.5. The molecule has 3 atom stereocenters. The monoisotopic (exact) mass is 212 g/mol. The maximum absolute atomic E-state index is 12.1. The van der Waals surface area contributed by atoms with E-state index in [0.29, 0.717) is 5.92 Å². The Morgan fingerprint density at radius 2 is 2.33 bits per heavy atom. The molecule has 0 aliphatic carbocycles. The molecule has 0 saturated carbocycles. The second-order valence-electron chi connectivity index (χ2n) is 4.73. The molecule has 0 bridgehead atoms. The summed E-state index contributed by atoms with van der Waals surface area (Å²) in [6.07, 6.45) is 2.17. The smallest absolute Gasteiger partial charge is 0.239 e. The van der Waals surface area contributed by atoms with Crippen LogP contribution in [0.5, 0.6) is 0 Å². The van der Waals surface area contributed by atoms with Gasteiger partial charge >= 0.3 is 0 Å². The highest BCUT2D eigenvalue weighted by Gasteiger charge is 2.34. The highest BCUT2D eigenvalue weighted by molar-refractivity contribution is 5.82. The number of carbonyl (C=O) groups is 1. The SMILES string of the molecule is COC1CNC(C(=O)N2CCC(C)C2)C1. The summed E-state index contributed by atoms with van der Waals surface area (Å²) in [6.45, 7) is 4.86. The van der Waals surface area contributed by atoms with Crippen LogP contribution in [0.3, 0.4) is 0 Å². The van der Waals surface area contributed by atoms with Gasteiger partial charge < -0.3 is 15.0 Å². The van der Waals surface area contributed by atoms with E-state index in [1.807, 2.05) is 4.90 Å². The molecule has 0 radical (unpaired) electrons. The lowest BCUT2D eigenvalue weighted by atomic mass is 10.1. The summed E-state index contributed by atoms with van der Waals surface area (Å²) in [7, 11) is 1.71. The van der Waals surface area contributed by atoms with E-state index >= 15 is 0 Å². The third-order valence-electron chi connectivity index (χ3n) is 3.46. The molecule has 2 fully saturated rings. The first-order valence-electron chi connectivity index (χ1n) is 5.75. The van der Waals surface area contributed by atoms with E-state index in [1.165, 1.54) is 0 Å². The lowest BCUT2D eigenvalue weighted by Gasteiger charge is -2.20. The Balaban J connectivity index is 1.86. The van der Waals surface area contributed by atoms with Crippen molar-refractivity contribution >= 4 is 5.91 Å². The zero-order valence-electron chi connectivity index (χ0n) is 9.53. The van der Waals surface area contributed by atoms with Gasteiger partial charge in [0, 0.05) is 26.7 Å². The van der Waals surface area contributed by atoms with Crippen LogP contribution in [-0.4, -0.2) is 49.7 Å². The van der Waals surface area contributed by atoms with E-state index in [1.54, 1.807) is 7.11 Å². The van der Waals surface area contributed by atoms with Crippen molar-refractivity contribution in [1.82, 2.24) is 10.2 Å². The molecule has 3 unspecified atom stereocenters. The fraction of sp³-hybridized carbons (Fsp3) is 0.909. The second kappa shape index (κ2) is 4.49. The minimum atomic E-state index is -0.0137. The number of nitrogens with zero attached hydrogens (tertiary/aromatic N) is 1. The van der Waals surface area contributed by atoms with Crippen LogP contribution in [0.25, 0.3) is 0 Å². The standard InChI is InChI=1S/C11H20N2O2/c1-8-3-4-13(7-8)11(14)10-5-9(15-2)6-12-10/h8-10,12H,3-7H2,1-2H3. The molecule has 0 aromatic carbocycles. The number of amides is 1. The summed E-state index contributed by atoms with van der Waals surface area (Å²) in [5.74, 6) is 0.924. The lowest BCUT2D eigenvalue weighted by molar-refractivity contribution is -0.132. The van der Waals surface area contributed by atoms with Gasteiger partial charge in [-0.25, -0.2) is 0 Å². The van der Waals surface area contributed by atoms with Crippen molar-refractivity contribution in [1.29, 1.82) is 0 Å². The molecule has 2 heterocycles. The van der Waals surface area contributed by atoms with E-state index < -0.39 is 0 Å². The zero-order chi connectivity index (χ0) is 10.8. The van der Waals surface area contributed by atoms with Crippen LogP contribution in [0, 0.1) is 5.92 Å². The number of carbonyl (C=O) groups excluding carboxylic acids is 1. The summed E-state index contributed by atoms with van der Waals surface area (Å²) in [5, 5.41) is 3.23. The maximum atomic E-state index is 12.1. The summed E-state index contributed by atoms with van der Waals surface area (Å²) >= 11 is 0. The van der Waals surface area contributed by atoms with Gasteiger partial charge in [0.1, 0.15) is 0 Å². The van der Waals surface area contributed by atoms with E-state index in [-0.39, 0.29) is 18.1 Å². The van der Waals surface area contributed by atoms with Crippen LogP contribution in [0.4, 0.5) is 0 Å². The van der Waals surface area contributed by atoms with Crippen molar-refractivity contribution in [3.8, 4) is 0 Å². The Labute approximate surface area is 91.0 Å². The van der Waals surface area contributed by atoms with Crippen LogP contribution in [0.15, 0.2) is 0 Å². The molecule has 86 valence electrons. The van der Waals surface area contributed by atoms with E-state index in [4.69, 9.17) is 4.74 Å². The molecule has 1 N–H and O–H groups in total. The van der Waals surface area contributed by atoms with Crippen molar-refractivity contribution in [3.05, 3.63) is 0 Å². The van der Waals surface area contributed by atoms with Gasteiger partial charge in [-0.05, 0) is 18.8 Å². The molecule has 0 aromatic rings. The Kier molecular flexibility index (Phi) is 3.26. The van der Waals surface area contributed by atoms with Gasteiger partial charge in [0.2, 0.25) is 5.91 Å². The van der Waals surface area contributed by atoms with Crippen molar-refractivity contribution in [2.75, 3.05) is 26.7 Å². The van der Waals surface area contributed by atoms with E-state index in [9.17, 15) is 4.79 Å². The Morgan fingerprint density at radius 1 is 1.53 bits per heavy atom. The summed E-state index contributed by atoms with van der Waals surface area (Å²) in [4.78, 5) is 14.0. The third kappa shape index (κ3) is 2.32. The Morgan fingerprint density at radius 3 is 2.87 bits per heavy atom. The molecule has 1 amide bonds. The predicted octanol–water partition coefficient (Wildman–Crippen LogP) is 0.232. The number of methoxy groups -OCH3 is 1. The number of likely N-dealkylation sites (tertiary alicyclic amines) is 1. The van der Waals surface area contributed by atoms with Gasteiger partial charge in [0.05, 0.1) is 12.1 Å². The zero-order valence-corrected chi connectivity index (χ0v) is 9.53. The van der Waals surface area contributed by atoms with Crippen molar-refractivity contribution in [2.24, 2.45) is 5.92 Å². The topological polar surface area (TPSA) is 41.6 Å². The van der Waals surface area contributed by atoms with Gasteiger partial charge in [-0.2, -0.15) is 0 Å². The van der Waals surface area contributed by atoms with Crippen molar-refractivity contribution in [3.63, 3.8) is 0 Å². The third-order valence-corrected chi connectivity index (χ3v) is 3.46. The largest absolute Gasteiger partial charge is 0.380 e. The number of hydrogen-bond donors (Lipinski definition) is 1. The molecule has 0 spiro atoms. The summed E-state index contributed by atoms with van der Waals surface area (Å²) in [6, 6.07) is -0.0137. The van der Waals surface area contributed by atoms with Crippen LogP contribution < -0.4 is 5.32 Å². The maximum Gasteiger partial charge on any atom is 0.239 e. The van der Waals surface area contributed by atoms with Gasteiger partial charge in [0.15, 0.2) is 0 Å². The molecule has 4 nitrogen and oxygen atoms in total. The number of ether oxygens (including phenoxy) is 1. The first kappa shape index (κ1) is 10.9. The van der Waals surface area contributed by atoms with Gasteiger partial charge in [-0.15, -0.1) is 0 Å². The number of nitrogens with one attached hydrogen (secondary N) is 1. The molecule has 2 aliphatic rings. The number of hydrogen-bond acceptors (Lipinski definition) is 3. The van der Waals surface area contributed by atoms with Gasteiger partial charge in [0.25, 0.3) is 0 Å². The molecule has 15 heavy (non-hydrogen) atoms. The molecule has 2 aliphatic heterocycles. The quantitative estimate of drug-likeness (QED) is 0.712. The molecule has 0 aromatic heterocycles. The summed E-state index contributed by atoms with van der Waals surface area (Å²) in [5.41, 5.74) is 0. The molecule has 2 rings (SSSR count). The molecular weight excluding hydrogens is 192 g/mol. The van der Waals surface area contributed by atoms with Gasteiger partial charge in [-0.3, -0.25) is 4.79 Å². The second-order valence-corrected chi connectivity index (χ2v) is 4.73. The lowest BCUT2D eigenvalue weighted by Crippen LogP contribution is -2.42. The average Bonchev–Trinajstić information content (AvgIpc) is 2.84. The van der Waals surface area contributed by atoms with E-state index in [0.717, 1.165) is 32.5 Å². The predicted molar refractivity (Wildman–Crippen MR) is 57.6 cm³/mol. The van der Waals surface area contributed by atoms with Crippen LogP contribution >= 0.6 is 0 Å². The fourth-order valence-corrected chi connectivity index (χ4v) is 2.43. The number of rotatable bonds is 2. The molecular formula is C11H20N2O2. The van der Waals surface area contributed by atoms with E-state index in [2.05, 4.69) is 12.2 Å². The van der Waals surface area contributed by atoms with Crippen molar-refractivity contribution in [2.45, 2.75) is 31.9 Å². The van der Waals surface area contributed by atoms with Crippen LogP contribution in [-0.2, 0) is 9.53 Å². The van der Waals surface area contributed by atoms with Gasteiger partial charge in [-0.1, -0.05) is 6.92 Å². The van der Waals surface area contributed by atoms with Crippen LogP contribution in [0.2, 0.25) is 0 Å². The Hall–Kier alpha value is -0.610. The first-order chi connectivity index (χ1) is 7.20. The fourth-order valence-electron chi connectivity index (χ4n) is 2.43. The van der Waals surface area contributed by atoms with Crippen molar-refractivity contribution < 1.29 is 9.53 Å². The normalized spacial score (nSPS) is 36.1. The highest BCUT2D eigenvalue weighted by Crippen LogP contribution is 2.19. The Bertz CT molecular complexity index is 245. The molecule has 2 saturated heterocycles.